The van der Waals surface area contributed by atoms with Gasteiger partial charge in [0.25, 0.3) is 0 Å². The van der Waals surface area contributed by atoms with Gasteiger partial charge in [0, 0.05) is 18.5 Å². The van der Waals surface area contributed by atoms with Crippen LogP contribution in [-0.4, -0.2) is 37.5 Å². The summed E-state index contributed by atoms with van der Waals surface area (Å²) >= 11 is 0. The second-order valence-corrected chi connectivity index (χ2v) is 6.36. The van der Waals surface area contributed by atoms with Crippen LogP contribution in [0.2, 0.25) is 0 Å². The summed E-state index contributed by atoms with van der Waals surface area (Å²) in [5.41, 5.74) is 7.15. The lowest BCUT2D eigenvalue weighted by molar-refractivity contribution is -0.127. The number of carbonyl (C=O) groups is 1. The highest BCUT2D eigenvalue weighted by molar-refractivity contribution is 5.85. The van der Waals surface area contributed by atoms with Crippen LogP contribution in [0.4, 0.5) is 0 Å². The number of hydrogen-bond donors (Lipinski definition) is 2. The second kappa shape index (κ2) is 10.9. The predicted octanol–water partition coefficient (Wildman–Crippen LogP) is 2.77. The first kappa shape index (κ1) is 22.2. The standard InChI is InChI=1S/C17H27N3O.2ClH/c1-20(2)12-16(13-7-4-3-5-8-13)19-17(21)14-9-6-10-15(18)11-14;;/h3-5,7-8,14-16H,6,9-12,18H2,1-2H3,(H,19,21);2*1H. The van der Waals surface area contributed by atoms with E-state index < -0.39 is 0 Å². The normalized spacial score (nSPS) is 21.7. The number of hydrogen-bond acceptors (Lipinski definition) is 3. The van der Waals surface area contributed by atoms with Crippen molar-refractivity contribution in [2.75, 3.05) is 20.6 Å². The highest BCUT2D eigenvalue weighted by Crippen LogP contribution is 2.24. The molecule has 1 saturated carbocycles. The molecule has 6 heteroatoms. The van der Waals surface area contributed by atoms with Crippen molar-refractivity contribution in [3.63, 3.8) is 0 Å². The van der Waals surface area contributed by atoms with Gasteiger partial charge in [-0.05, 0) is 38.9 Å². The van der Waals surface area contributed by atoms with Gasteiger partial charge in [-0.2, -0.15) is 0 Å². The zero-order valence-electron chi connectivity index (χ0n) is 13.9. The number of nitrogens with two attached hydrogens (primary N) is 1. The smallest absolute Gasteiger partial charge is 0.223 e. The minimum absolute atomic E-state index is 0. The van der Waals surface area contributed by atoms with Gasteiger partial charge in [-0.1, -0.05) is 36.8 Å². The molecule has 3 N–H and O–H groups in total. The van der Waals surface area contributed by atoms with Crippen LogP contribution in [0.15, 0.2) is 30.3 Å². The van der Waals surface area contributed by atoms with Crippen molar-refractivity contribution in [1.29, 1.82) is 0 Å². The third-order valence-electron chi connectivity index (χ3n) is 4.15. The van der Waals surface area contributed by atoms with Gasteiger partial charge in [0.15, 0.2) is 0 Å². The van der Waals surface area contributed by atoms with Crippen molar-refractivity contribution >= 4 is 30.7 Å². The lowest BCUT2D eigenvalue weighted by atomic mass is 9.85. The topological polar surface area (TPSA) is 58.4 Å². The van der Waals surface area contributed by atoms with E-state index in [1.807, 2.05) is 32.3 Å². The fourth-order valence-corrected chi connectivity index (χ4v) is 3.04. The molecule has 1 fully saturated rings. The van der Waals surface area contributed by atoms with Gasteiger partial charge in [0.1, 0.15) is 0 Å². The van der Waals surface area contributed by atoms with Gasteiger partial charge in [0.2, 0.25) is 5.91 Å². The van der Waals surface area contributed by atoms with Gasteiger partial charge in [-0.15, -0.1) is 24.8 Å². The van der Waals surface area contributed by atoms with Gasteiger partial charge in [-0.3, -0.25) is 4.79 Å². The Kier molecular flexibility index (Phi) is 10.5. The first-order chi connectivity index (χ1) is 10.1. The molecule has 4 nitrogen and oxygen atoms in total. The maximum absolute atomic E-state index is 12.5. The Morgan fingerprint density at radius 2 is 1.91 bits per heavy atom. The summed E-state index contributed by atoms with van der Waals surface area (Å²) in [5.74, 6) is 0.225. The van der Waals surface area contributed by atoms with Crippen molar-refractivity contribution < 1.29 is 4.79 Å². The quantitative estimate of drug-likeness (QED) is 0.847. The predicted molar refractivity (Wildman–Crippen MR) is 100 cm³/mol. The Balaban J connectivity index is 0.00000242. The van der Waals surface area contributed by atoms with E-state index in [0.29, 0.717) is 0 Å². The molecule has 0 heterocycles. The molecule has 0 aliphatic heterocycles. The van der Waals surface area contributed by atoms with Crippen molar-refractivity contribution in [3.8, 4) is 0 Å². The number of carbonyl (C=O) groups excluding carboxylic acids is 1. The summed E-state index contributed by atoms with van der Waals surface area (Å²) in [4.78, 5) is 14.6. The van der Waals surface area contributed by atoms with Crippen LogP contribution in [0, 0.1) is 5.92 Å². The van der Waals surface area contributed by atoms with E-state index in [4.69, 9.17) is 5.73 Å². The Morgan fingerprint density at radius 3 is 2.48 bits per heavy atom. The van der Waals surface area contributed by atoms with E-state index in [-0.39, 0.29) is 48.7 Å². The van der Waals surface area contributed by atoms with Crippen molar-refractivity contribution in [3.05, 3.63) is 35.9 Å². The van der Waals surface area contributed by atoms with Crippen LogP contribution < -0.4 is 11.1 Å². The van der Waals surface area contributed by atoms with Crippen molar-refractivity contribution in [1.82, 2.24) is 10.2 Å². The number of halogens is 2. The largest absolute Gasteiger partial charge is 0.348 e. The van der Waals surface area contributed by atoms with E-state index in [1.165, 1.54) is 0 Å². The molecule has 0 bridgehead atoms. The average Bonchev–Trinajstić information content (AvgIpc) is 2.47. The van der Waals surface area contributed by atoms with Crippen LogP contribution in [0.3, 0.4) is 0 Å². The third kappa shape index (κ3) is 7.08. The van der Waals surface area contributed by atoms with Gasteiger partial charge >= 0.3 is 0 Å². The minimum Gasteiger partial charge on any atom is -0.348 e. The summed E-state index contributed by atoms with van der Waals surface area (Å²) < 4.78 is 0. The highest BCUT2D eigenvalue weighted by atomic mass is 35.5. The monoisotopic (exact) mass is 361 g/mol. The number of nitrogens with one attached hydrogen (secondary N) is 1. The average molecular weight is 362 g/mol. The molecule has 0 aromatic heterocycles. The molecule has 1 aromatic carbocycles. The van der Waals surface area contributed by atoms with Crippen LogP contribution in [-0.2, 0) is 4.79 Å². The number of benzene rings is 1. The molecule has 0 saturated heterocycles. The van der Waals surface area contributed by atoms with Crippen LogP contribution in [0.25, 0.3) is 0 Å². The first-order valence-corrected chi connectivity index (χ1v) is 7.82. The van der Waals surface area contributed by atoms with Gasteiger partial charge < -0.3 is 16.0 Å². The zero-order valence-corrected chi connectivity index (χ0v) is 15.5. The lowest BCUT2D eigenvalue weighted by Gasteiger charge is -2.29. The lowest BCUT2D eigenvalue weighted by Crippen LogP contribution is -2.41. The van der Waals surface area contributed by atoms with Crippen LogP contribution >= 0.6 is 24.8 Å². The summed E-state index contributed by atoms with van der Waals surface area (Å²) in [6.07, 6.45) is 3.88. The summed E-state index contributed by atoms with van der Waals surface area (Å²) in [6.45, 7) is 0.800. The number of likely N-dealkylation sites (N-methyl/N-ethyl adjacent to an activating group) is 1. The minimum atomic E-state index is 0. The second-order valence-electron chi connectivity index (χ2n) is 6.36. The molecule has 1 amide bonds. The van der Waals surface area contributed by atoms with Gasteiger partial charge in [-0.25, -0.2) is 0 Å². The molecule has 132 valence electrons. The Bertz CT molecular complexity index is 456. The summed E-state index contributed by atoms with van der Waals surface area (Å²) in [6, 6.07) is 10.4. The highest BCUT2D eigenvalue weighted by Gasteiger charge is 2.27. The van der Waals surface area contributed by atoms with E-state index in [9.17, 15) is 4.79 Å². The van der Waals surface area contributed by atoms with E-state index >= 15 is 0 Å². The van der Waals surface area contributed by atoms with E-state index in [2.05, 4.69) is 22.3 Å². The molecule has 2 rings (SSSR count). The summed E-state index contributed by atoms with van der Waals surface area (Å²) in [7, 11) is 4.05. The molecule has 1 aliphatic carbocycles. The Labute approximate surface area is 152 Å². The van der Waals surface area contributed by atoms with E-state index in [0.717, 1.165) is 37.8 Å². The zero-order chi connectivity index (χ0) is 15.2. The molecule has 0 spiro atoms. The molecule has 1 aliphatic rings. The molecular formula is C17H29Cl2N3O. The molecule has 3 atom stereocenters. The first-order valence-electron chi connectivity index (χ1n) is 7.82. The fourth-order valence-electron chi connectivity index (χ4n) is 3.04. The summed E-state index contributed by atoms with van der Waals surface area (Å²) in [5, 5.41) is 3.22. The van der Waals surface area contributed by atoms with Gasteiger partial charge in [0.05, 0.1) is 6.04 Å². The van der Waals surface area contributed by atoms with E-state index in [1.54, 1.807) is 0 Å². The number of amides is 1. The fraction of sp³-hybridized carbons (Fsp3) is 0.588. The maximum atomic E-state index is 12.5. The van der Waals surface area contributed by atoms with Crippen molar-refractivity contribution in [2.45, 2.75) is 37.8 Å². The number of nitrogens with zero attached hydrogens (tertiary/aromatic N) is 1. The van der Waals surface area contributed by atoms with Crippen molar-refractivity contribution in [2.24, 2.45) is 11.7 Å². The maximum Gasteiger partial charge on any atom is 0.223 e. The SMILES string of the molecule is CN(C)CC(NC(=O)C1CCCC(N)C1)c1ccccc1.Cl.Cl. The molecular weight excluding hydrogens is 333 g/mol. The molecule has 23 heavy (non-hydrogen) atoms. The third-order valence-corrected chi connectivity index (χ3v) is 4.15. The van der Waals surface area contributed by atoms with Crippen LogP contribution in [0.1, 0.15) is 37.3 Å². The Morgan fingerprint density at radius 1 is 1.26 bits per heavy atom. The molecule has 1 aromatic rings. The molecule has 0 radical (unpaired) electrons. The Hall–Kier alpha value is -0.810. The number of rotatable bonds is 5. The molecule has 3 unspecified atom stereocenters. The van der Waals surface area contributed by atoms with Crippen LogP contribution in [0.5, 0.6) is 0 Å².